The Hall–Kier alpha value is -2.13. The lowest BCUT2D eigenvalue weighted by Crippen LogP contribution is -2.43. The molecule has 9 heteroatoms. The number of carbonyl (C=O) groups excluding carboxylic acids is 2. The monoisotopic (exact) mass is 408 g/mol. The van der Waals surface area contributed by atoms with Crippen LogP contribution in [-0.2, 0) is 14.3 Å². The number of nitrogens with zero attached hydrogens (tertiary/aromatic N) is 2. The third kappa shape index (κ3) is 6.84. The lowest BCUT2D eigenvalue weighted by molar-refractivity contribution is -0.145. The SMILES string of the molecule is COC(=O)[C@H](CC(C)C)NC(=O)CSc1nnc(Nc2ccccc2C)s1. The largest absolute Gasteiger partial charge is 0.467 e. The summed E-state index contributed by atoms with van der Waals surface area (Å²) < 4.78 is 5.44. The standard InChI is InChI=1S/C18H24N4O3S2/c1-11(2)9-14(16(24)25-4)19-15(23)10-26-18-22-21-17(27-18)20-13-8-6-5-7-12(13)3/h5-8,11,14H,9-10H2,1-4H3,(H,19,23)(H,20,21)/t14-/m0/s1. The Kier molecular flexibility index (Phi) is 8.05. The molecule has 1 atom stereocenters. The van der Waals surface area contributed by atoms with Crippen LogP contribution in [0.2, 0.25) is 0 Å². The summed E-state index contributed by atoms with van der Waals surface area (Å²) in [6.45, 7) is 5.99. The van der Waals surface area contributed by atoms with E-state index in [9.17, 15) is 9.59 Å². The van der Waals surface area contributed by atoms with Crippen LogP contribution in [0.4, 0.5) is 10.8 Å². The van der Waals surface area contributed by atoms with Gasteiger partial charge in [-0.1, -0.05) is 55.1 Å². The molecule has 1 heterocycles. The number of ether oxygens (including phenoxy) is 1. The fraction of sp³-hybridized carbons (Fsp3) is 0.444. The number of benzene rings is 1. The number of para-hydroxylation sites is 1. The van der Waals surface area contributed by atoms with Gasteiger partial charge in [-0.2, -0.15) is 0 Å². The molecule has 7 nitrogen and oxygen atoms in total. The third-order valence-corrected chi connectivity index (χ3v) is 5.62. The second-order valence-electron chi connectivity index (χ2n) is 6.37. The number of esters is 1. The minimum absolute atomic E-state index is 0.157. The number of hydrogen-bond donors (Lipinski definition) is 2. The number of carbonyl (C=O) groups is 2. The van der Waals surface area contributed by atoms with Gasteiger partial charge in [0.05, 0.1) is 12.9 Å². The number of thioether (sulfide) groups is 1. The van der Waals surface area contributed by atoms with Gasteiger partial charge in [0.15, 0.2) is 4.34 Å². The maximum Gasteiger partial charge on any atom is 0.328 e. The average Bonchev–Trinajstić information content (AvgIpc) is 3.08. The highest BCUT2D eigenvalue weighted by Crippen LogP contribution is 2.28. The molecule has 146 valence electrons. The molecule has 0 aliphatic carbocycles. The smallest absolute Gasteiger partial charge is 0.328 e. The fourth-order valence-electron chi connectivity index (χ4n) is 2.34. The number of rotatable bonds is 9. The molecule has 2 N–H and O–H groups in total. The summed E-state index contributed by atoms with van der Waals surface area (Å²) in [5.41, 5.74) is 2.08. The summed E-state index contributed by atoms with van der Waals surface area (Å²) in [6.07, 6.45) is 0.534. The first-order chi connectivity index (χ1) is 12.9. The number of methoxy groups -OCH3 is 1. The molecular formula is C18H24N4O3S2. The molecule has 0 saturated heterocycles. The number of anilines is 2. The molecule has 0 radical (unpaired) electrons. The van der Waals surface area contributed by atoms with Crippen molar-refractivity contribution in [3.63, 3.8) is 0 Å². The van der Waals surface area contributed by atoms with Crippen molar-refractivity contribution in [3.05, 3.63) is 29.8 Å². The first-order valence-electron chi connectivity index (χ1n) is 8.55. The number of aromatic nitrogens is 2. The van der Waals surface area contributed by atoms with Gasteiger partial charge in [-0.05, 0) is 30.9 Å². The Labute approximate surface area is 167 Å². The number of aryl methyl sites for hydroxylation is 1. The molecule has 1 amide bonds. The third-order valence-electron chi connectivity index (χ3n) is 3.65. The van der Waals surface area contributed by atoms with Gasteiger partial charge in [0.1, 0.15) is 6.04 Å². The summed E-state index contributed by atoms with van der Waals surface area (Å²) >= 11 is 2.66. The van der Waals surface area contributed by atoms with E-state index in [0.29, 0.717) is 15.9 Å². The molecule has 2 aromatic rings. The van der Waals surface area contributed by atoms with E-state index >= 15 is 0 Å². The lowest BCUT2D eigenvalue weighted by Gasteiger charge is -2.17. The zero-order valence-corrected chi connectivity index (χ0v) is 17.4. The molecular weight excluding hydrogens is 384 g/mol. The second kappa shape index (κ2) is 10.3. The Morgan fingerprint density at radius 3 is 2.67 bits per heavy atom. The van der Waals surface area contributed by atoms with Crippen molar-refractivity contribution < 1.29 is 14.3 Å². The Morgan fingerprint density at radius 2 is 2.00 bits per heavy atom. The molecule has 0 saturated carbocycles. The van der Waals surface area contributed by atoms with Crippen LogP contribution < -0.4 is 10.6 Å². The number of hydrogen-bond acceptors (Lipinski definition) is 8. The van der Waals surface area contributed by atoms with Crippen molar-refractivity contribution in [1.29, 1.82) is 0 Å². The van der Waals surface area contributed by atoms with Crippen LogP contribution in [0.1, 0.15) is 25.8 Å². The molecule has 1 aromatic carbocycles. The zero-order valence-electron chi connectivity index (χ0n) is 15.8. The minimum Gasteiger partial charge on any atom is -0.467 e. The van der Waals surface area contributed by atoms with Crippen LogP contribution in [0.5, 0.6) is 0 Å². The maximum atomic E-state index is 12.2. The van der Waals surface area contributed by atoms with Gasteiger partial charge in [-0.15, -0.1) is 10.2 Å². The van der Waals surface area contributed by atoms with Crippen molar-refractivity contribution in [2.75, 3.05) is 18.2 Å². The normalized spacial score (nSPS) is 11.9. The quantitative estimate of drug-likeness (QED) is 0.485. The van der Waals surface area contributed by atoms with Crippen molar-refractivity contribution in [1.82, 2.24) is 15.5 Å². The van der Waals surface area contributed by atoms with Crippen molar-refractivity contribution in [2.24, 2.45) is 5.92 Å². The molecule has 27 heavy (non-hydrogen) atoms. The predicted octanol–water partition coefficient (Wildman–Crippen LogP) is 3.39. The Balaban J connectivity index is 1.87. The highest BCUT2D eigenvalue weighted by molar-refractivity contribution is 8.01. The highest BCUT2D eigenvalue weighted by Gasteiger charge is 2.22. The van der Waals surface area contributed by atoms with Crippen LogP contribution in [0.15, 0.2) is 28.6 Å². The van der Waals surface area contributed by atoms with E-state index in [1.807, 2.05) is 45.0 Å². The summed E-state index contributed by atoms with van der Waals surface area (Å²) in [5.74, 6) is -0.243. The molecule has 0 spiro atoms. The van der Waals surface area contributed by atoms with Gasteiger partial charge < -0.3 is 15.4 Å². The maximum absolute atomic E-state index is 12.2. The number of amides is 1. The summed E-state index contributed by atoms with van der Waals surface area (Å²) in [7, 11) is 1.32. The fourth-order valence-corrected chi connectivity index (χ4v) is 3.91. The van der Waals surface area contributed by atoms with Gasteiger partial charge in [0, 0.05) is 5.69 Å². The van der Waals surface area contributed by atoms with Gasteiger partial charge in [-0.25, -0.2) is 4.79 Å². The van der Waals surface area contributed by atoms with E-state index in [4.69, 9.17) is 4.74 Å². The number of nitrogens with one attached hydrogen (secondary N) is 2. The zero-order chi connectivity index (χ0) is 19.8. The van der Waals surface area contributed by atoms with Crippen LogP contribution in [0.25, 0.3) is 0 Å². The van der Waals surface area contributed by atoms with Gasteiger partial charge in [0.2, 0.25) is 11.0 Å². The Bertz CT molecular complexity index is 779. The van der Waals surface area contributed by atoms with Gasteiger partial charge >= 0.3 is 5.97 Å². The first kappa shape index (κ1) is 21.2. The van der Waals surface area contributed by atoms with Crippen LogP contribution in [0.3, 0.4) is 0 Å². The molecule has 0 aliphatic heterocycles. The van der Waals surface area contributed by atoms with E-state index < -0.39 is 12.0 Å². The van der Waals surface area contributed by atoms with E-state index in [0.717, 1.165) is 11.3 Å². The lowest BCUT2D eigenvalue weighted by atomic mass is 10.0. The van der Waals surface area contributed by atoms with E-state index in [1.54, 1.807) is 0 Å². The molecule has 0 unspecified atom stereocenters. The second-order valence-corrected chi connectivity index (χ2v) is 8.57. The van der Waals surface area contributed by atoms with Gasteiger partial charge in [0.25, 0.3) is 0 Å². The summed E-state index contributed by atoms with van der Waals surface area (Å²) in [5, 5.41) is 14.8. The van der Waals surface area contributed by atoms with Crippen molar-refractivity contribution >= 4 is 45.8 Å². The van der Waals surface area contributed by atoms with Crippen molar-refractivity contribution in [3.8, 4) is 0 Å². The predicted molar refractivity (Wildman–Crippen MR) is 108 cm³/mol. The van der Waals surface area contributed by atoms with Gasteiger partial charge in [-0.3, -0.25) is 4.79 Å². The van der Waals surface area contributed by atoms with E-state index in [-0.39, 0.29) is 17.6 Å². The van der Waals surface area contributed by atoms with Crippen molar-refractivity contribution in [2.45, 2.75) is 37.6 Å². The minimum atomic E-state index is -0.629. The average molecular weight is 409 g/mol. The highest BCUT2D eigenvalue weighted by atomic mass is 32.2. The van der Waals surface area contributed by atoms with Crippen LogP contribution in [-0.4, -0.2) is 41.0 Å². The van der Waals surface area contributed by atoms with Crippen LogP contribution in [0, 0.1) is 12.8 Å². The van der Waals surface area contributed by atoms with E-state index in [1.165, 1.54) is 30.2 Å². The van der Waals surface area contributed by atoms with E-state index in [2.05, 4.69) is 20.8 Å². The summed E-state index contributed by atoms with van der Waals surface area (Å²) in [4.78, 5) is 24.0. The first-order valence-corrected chi connectivity index (χ1v) is 10.4. The van der Waals surface area contributed by atoms with Crippen LogP contribution >= 0.6 is 23.1 Å². The molecule has 0 bridgehead atoms. The molecule has 0 fully saturated rings. The molecule has 0 aliphatic rings. The molecule has 1 aromatic heterocycles. The summed E-state index contributed by atoms with van der Waals surface area (Å²) in [6, 6.07) is 7.28. The Morgan fingerprint density at radius 1 is 1.26 bits per heavy atom. The topological polar surface area (TPSA) is 93.2 Å². The molecule has 2 rings (SSSR count).